The van der Waals surface area contributed by atoms with Crippen molar-refractivity contribution in [1.82, 2.24) is 0 Å². The van der Waals surface area contributed by atoms with Crippen LogP contribution < -0.4 is 5.32 Å². The summed E-state index contributed by atoms with van der Waals surface area (Å²) < 4.78 is 1.01. The molecule has 1 N–H and O–H groups in total. The third-order valence-corrected chi connectivity index (χ3v) is 4.63. The highest BCUT2D eigenvalue weighted by Gasteiger charge is 2.22. The van der Waals surface area contributed by atoms with E-state index in [0.29, 0.717) is 0 Å². The predicted octanol–water partition coefficient (Wildman–Crippen LogP) is 5.86. The Hall–Kier alpha value is -0.700. The number of rotatable bonds is 1. The van der Waals surface area contributed by atoms with Gasteiger partial charge in [0.05, 0.1) is 11.7 Å². The zero-order valence-electron chi connectivity index (χ0n) is 10.1. The van der Waals surface area contributed by atoms with E-state index in [1.54, 1.807) is 0 Å². The van der Waals surface area contributed by atoms with E-state index in [0.717, 1.165) is 38.6 Å². The number of fused-ring (bicyclic) bond motifs is 1. The zero-order chi connectivity index (χ0) is 13.4. The number of aryl methyl sites for hydroxylation is 1. The minimum atomic E-state index is 0.249. The van der Waals surface area contributed by atoms with Gasteiger partial charge >= 0.3 is 0 Å². The topological polar surface area (TPSA) is 12.0 Å². The van der Waals surface area contributed by atoms with Crippen molar-refractivity contribution in [1.29, 1.82) is 0 Å². The van der Waals surface area contributed by atoms with E-state index in [1.165, 1.54) is 5.56 Å². The molecule has 0 aromatic heterocycles. The standard InChI is InChI=1S/C15H12BrCl2N/c16-12-8-10(17)7-9-5-6-14(19-15(9)12)11-3-1-2-4-13(11)18/h1-4,7-8,14,19H,5-6H2. The maximum atomic E-state index is 6.28. The summed E-state index contributed by atoms with van der Waals surface area (Å²) >= 11 is 15.9. The molecule has 1 aliphatic heterocycles. The molecule has 0 amide bonds. The van der Waals surface area contributed by atoms with Crippen LogP contribution in [0.1, 0.15) is 23.6 Å². The number of benzene rings is 2. The van der Waals surface area contributed by atoms with E-state index in [4.69, 9.17) is 23.2 Å². The summed E-state index contributed by atoms with van der Waals surface area (Å²) in [6, 6.07) is 12.2. The van der Waals surface area contributed by atoms with E-state index in [1.807, 2.05) is 30.3 Å². The predicted molar refractivity (Wildman–Crippen MR) is 85.3 cm³/mol. The van der Waals surface area contributed by atoms with Gasteiger partial charge in [-0.2, -0.15) is 0 Å². The lowest BCUT2D eigenvalue weighted by Crippen LogP contribution is -2.18. The van der Waals surface area contributed by atoms with Gasteiger partial charge in [-0.25, -0.2) is 0 Å². The van der Waals surface area contributed by atoms with E-state index in [-0.39, 0.29) is 6.04 Å². The maximum Gasteiger partial charge on any atom is 0.0532 e. The smallest absolute Gasteiger partial charge is 0.0532 e. The second kappa shape index (κ2) is 5.35. The summed E-state index contributed by atoms with van der Waals surface area (Å²) in [6.07, 6.45) is 2.01. The summed E-state index contributed by atoms with van der Waals surface area (Å²) in [7, 11) is 0. The first-order valence-corrected chi connectivity index (χ1v) is 7.69. The molecule has 2 aromatic rings. The highest BCUT2D eigenvalue weighted by molar-refractivity contribution is 9.10. The molecule has 0 spiro atoms. The van der Waals surface area contributed by atoms with E-state index in [2.05, 4.69) is 27.3 Å². The first kappa shape index (κ1) is 13.3. The molecule has 0 bridgehead atoms. The van der Waals surface area contributed by atoms with Crippen LogP contribution in [-0.2, 0) is 6.42 Å². The second-order valence-corrected chi connectivity index (χ2v) is 6.38. The Bertz CT molecular complexity index is 628. The minimum absolute atomic E-state index is 0.249. The molecular weight excluding hydrogens is 345 g/mol. The third kappa shape index (κ3) is 2.62. The molecule has 1 atom stereocenters. The quantitative estimate of drug-likeness (QED) is 0.675. The molecule has 2 aromatic carbocycles. The molecule has 0 radical (unpaired) electrons. The van der Waals surface area contributed by atoms with Gasteiger partial charge in [0, 0.05) is 14.5 Å². The molecule has 0 aliphatic carbocycles. The molecule has 4 heteroatoms. The molecule has 0 saturated carbocycles. The Kier molecular flexibility index (Phi) is 3.75. The summed E-state index contributed by atoms with van der Waals surface area (Å²) in [5.41, 5.74) is 3.53. The van der Waals surface area contributed by atoms with Crippen molar-refractivity contribution in [3.63, 3.8) is 0 Å². The van der Waals surface area contributed by atoms with Gasteiger partial charge in [-0.15, -0.1) is 0 Å². The SMILES string of the molecule is Clc1cc(Br)c2c(c1)CCC(c1ccccc1Cl)N2. The molecule has 1 aliphatic rings. The molecule has 0 fully saturated rings. The van der Waals surface area contributed by atoms with E-state index >= 15 is 0 Å². The average molecular weight is 357 g/mol. The van der Waals surface area contributed by atoms with Crippen LogP contribution in [0.3, 0.4) is 0 Å². The summed E-state index contributed by atoms with van der Waals surface area (Å²) in [6.45, 7) is 0. The van der Waals surface area contributed by atoms with Gasteiger partial charge in [-0.1, -0.05) is 41.4 Å². The van der Waals surface area contributed by atoms with Crippen molar-refractivity contribution in [2.24, 2.45) is 0 Å². The number of nitrogens with one attached hydrogen (secondary N) is 1. The van der Waals surface area contributed by atoms with Gasteiger partial charge in [0.15, 0.2) is 0 Å². The van der Waals surface area contributed by atoms with Crippen molar-refractivity contribution in [3.8, 4) is 0 Å². The third-order valence-electron chi connectivity index (χ3n) is 3.44. The molecule has 3 rings (SSSR count). The van der Waals surface area contributed by atoms with Crippen molar-refractivity contribution >= 4 is 44.8 Å². The lowest BCUT2D eigenvalue weighted by molar-refractivity contribution is 0.667. The number of anilines is 1. The van der Waals surface area contributed by atoms with Crippen LogP contribution in [0.15, 0.2) is 40.9 Å². The summed E-state index contributed by atoms with van der Waals surface area (Å²) in [5, 5.41) is 5.14. The molecule has 1 unspecified atom stereocenters. The van der Waals surface area contributed by atoms with Crippen molar-refractivity contribution in [2.75, 3.05) is 5.32 Å². The Balaban J connectivity index is 1.97. The second-order valence-electron chi connectivity index (χ2n) is 4.68. The van der Waals surface area contributed by atoms with Gasteiger partial charge < -0.3 is 5.32 Å². The van der Waals surface area contributed by atoms with Gasteiger partial charge in [-0.3, -0.25) is 0 Å². The highest BCUT2D eigenvalue weighted by atomic mass is 79.9. The first-order chi connectivity index (χ1) is 9.15. The number of halogens is 3. The zero-order valence-corrected chi connectivity index (χ0v) is 13.2. The van der Waals surface area contributed by atoms with Crippen LogP contribution in [0.2, 0.25) is 10.0 Å². The Morgan fingerprint density at radius 3 is 2.74 bits per heavy atom. The molecular formula is C15H12BrCl2N. The summed E-state index contributed by atoms with van der Waals surface area (Å²) in [5.74, 6) is 0. The fraction of sp³-hybridized carbons (Fsp3) is 0.200. The van der Waals surface area contributed by atoms with Crippen LogP contribution in [0.25, 0.3) is 0 Å². The van der Waals surface area contributed by atoms with Crippen molar-refractivity contribution < 1.29 is 0 Å². The van der Waals surface area contributed by atoms with Crippen molar-refractivity contribution in [2.45, 2.75) is 18.9 Å². The number of hydrogen-bond acceptors (Lipinski definition) is 1. The van der Waals surface area contributed by atoms with Crippen LogP contribution in [-0.4, -0.2) is 0 Å². The maximum absolute atomic E-state index is 6.28. The highest BCUT2D eigenvalue weighted by Crippen LogP contribution is 2.40. The first-order valence-electron chi connectivity index (χ1n) is 6.14. The number of hydrogen-bond donors (Lipinski definition) is 1. The van der Waals surface area contributed by atoms with Gasteiger partial charge in [0.2, 0.25) is 0 Å². The molecule has 98 valence electrons. The monoisotopic (exact) mass is 355 g/mol. The van der Waals surface area contributed by atoms with Gasteiger partial charge in [-0.05, 0) is 58.1 Å². The minimum Gasteiger partial charge on any atom is -0.377 e. The molecule has 1 heterocycles. The molecule has 19 heavy (non-hydrogen) atoms. The average Bonchev–Trinajstić information content (AvgIpc) is 2.39. The normalized spacial score (nSPS) is 17.7. The van der Waals surface area contributed by atoms with Crippen LogP contribution in [0.5, 0.6) is 0 Å². The molecule has 0 saturated heterocycles. The largest absolute Gasteiger partial charge is 0.377 e. The van der Waals surface area contributed by atoms with Gasteiger partial charge in [0.1, 0.15) is 0 Å². The van der Waals surface area contributed by atoms with Crippen LogP contribution >= 0.6 is 39.1 Å². The fourth-order valence-electron chi connectivity index (χ4n) is 2.52. The van der Waals surface area contributed by atoms with Crippen LogP contribution in [0.4, 0.5) is 5.69 Å². The Labute approximate surface area is 131 Å². The Morgan fingerprint density at radius 2 is 1.95 bits per heavy atom. The Morgan fingerprint density at radius 1 is 1.16 bits per heavy atom. The van der Waals surface area contributed by atoms with E-state index < -0.39 is 0 Å². The fourth-order valence-corrected chi connectivity index (χ4v) is 3.78. The van der Waals surface area contributed by atoms with Crippen LogP contribution in [0, 0.1) is 0 Å². The molecule has 1 nitrogen and oxygen atoms in total. The van der Waals surface area contributed by atoms with E-state index in [9.17, 15) is 0 Å². The summed E-state index contributed by atoms with van der Waals surface area (Å²) in [4.78, 5) is 0. The van der Waals surface area contributed by atoms with Crippen molar-refractivity contribution in [3.05, 3.63) is 62.0 Å². The lowest BCUT2D eigenvalue weighted by Gasteiger charge is -2.29. The lowest BCUT2D eigenvalue weighted by atomic mass is 9.93. The van der Waals surface area contributed by atoms with Gasteiger partial charge in [0.25, 0.3) is 0 Å².